The van der Waals surface area contributed by atoms with E-state index in [0.29, 0.717) is 13.2 Å². The highest BCUT2D eigenvalue weighted by molar-refractivity contribution is 8.00. The molecule has 1 atom stereocenters. The van der Waals surface area contributed by atoms with Crippen LogP contribution < -0.4 is 0 Å². The molecular weight excluding hydrogens is 244 g/mol. The Morgan fingerprint density at radius 3 is 2.94 bits per heavy atom. The minimum absolute atomic E-state index is 0.00525. The number of thioether (sulfide) groups is 1. The first-order valence-corrected chi connectivity index (χ1v) is 6.27. The molecule has 0 N–H and O–H groups in total. The van der Waals surface area contributed by atoms with Crippen molar-refractivity contribution in [3.05, 3.63) is 12.7 Å². The van der Waals surface area contributed by atoms with Crippen LogP contribution in [-0.2, 0) is 23.8 Å². The maximum Gasteiger partial charge on any atom is 0.330 e. The van der Waals surface area contributed by atoms with Crippen molar-refractivity contribution >= 4 is 23.7 Å². The van der Waals surface area contributed by atoms with Crippen molar-refractivity contribution in [1.29, 1.82) is 0 Å². The van der Waals surface area contributed by atoms with E-state index in [1.807, 2.05) is 6.92 Å². The summed E-state index contributed by atoms with van der Waals surface area (Å²) in [7, 11) is 0. The van der Waals surface area contributed by atoms with Crippen LogP contribution in [0.4, 0.5) is 0 Å². The van der Waals surface area contributed by atoms with E-state index in [4.69, 9.17) is 9.47 Å². The van der Waals surface area contributed by atoms with Gasteiger partial charge in [-0.25, -0.2) is 4.79 Å². The molecule has 17 heavy (non-hydrogen) atoms. The van der Waals surface area contributed by atoms with Gasteiger partial charge in [0.15, 0.2) is 4.93 Å². The third-order valence-corrected chi connectivity index (χ3v) is 3.23. The van der Waals surface area contributed by atoms with Gasteiger partial charge in [0.2, 0.25) is 0 Å². The zero-order chi connectivity index (χ0) is 12.7. The highest BCUT2D eigenvalue weighted by Crippen LogP contribution is 2.30. The number of carbonyl (C=O) groups excluding carboxylic acids is 2. The van der Waals surface area contributed by atoms with Crippen LogP contribution in [0.15, 0.2) is 12.7 Å². The van der Waals surface area contributed by atoms with Crippen LogP contribution in [0.25, 0.3) is 0 Å². The van der Waals surface area contributed by atoms with Crippen LogP contribution in [0.3, 0.4) is 0 Å². The van der Waals surface area contributed by atoms with Crippen LogP contribution in [0.2, 0.25) is 0 Å². The second-order valence-electron chi connectivity index (χ2n) is 3.63. The topological polar surface area (TPSA) is 61.8 Å². The summed E-state index contributed by atoms with van der Waals surface area (Å²) in [6.07, 6.45) is 1.09. The first-order chi connectivity index (χ1) is 8.06. The molecule has 1 aliphatic heterocycles. The van der Waals surface area contributed by atoms with Gasteiger partial charge in [0.1, 0.15) is 6.61 Å². The predicted octanol–water partition coefficient (Wildman–Crippen LogP) is 1.13. The van der Waals surface area contributed by atoms with Gasteiger partial charge in [0.05, 0.1) is 19.6 Å². The van der Waals surface area contributed by atoms with Crippen molar-refractivity contribution in [1.82, 2.24) is 0 Å². The third kappa shape index (κ3) is 5.23. The molecule has 5 nitrogen and oxygen atoms in total. The van der Waals surface area contributed by atoms with E-state index in [0.717, 1.165) is 11.8 Å². The molecule has 1 fully saturated rings. The molecule has 0 aromatic rings. The van der Waals surface area contributed by atoms with Crippen molar-refractivity contribution in [2.24, 2.45) is 0 Å². The molecule has 1 saturated heterocycles. The van der Waals surface area contributed by atoms with Crippen LogP contribution >= 0.6 is 11.8 Å². The Balaban J connectivity index is 2.24. The summed E-state index contributed by atoms with van der Waals surface area (Å²) in [6, 6.07) is 0. The summed E-state index contributed by atoms with van der Waals surface area (Å²) < 4.78 is 15.2. The maximum atomic E-state index is 11.5. The van der Waals surface area contributed by atoms with Crippen molar-refractivity contribution in [3.8, 4) is 0 Å². The number of esters is 2. The molecule has 0 spiro atoms. The van der Waals surface area contributed by atoms with E-state index < -0.39 is 16.9 Å². The zero-order valence-corrected chi connectivity index (χ0v) is 10.6. The van der Waals surface area contributed by atoms with Crippen LogP contribution in [-0.4, -0.2) is 42.4 Å². The molecule has 96 valence electrons. The van der Waals surface area contributed by atoms with Gasteiger partial charge in [-0.15, -0.1) is 11.8 Å². The van der Waals surface area contributed by atoms with Gasteiger partial charge in [0.25, 0.3) is 0 Å². The Bertz CT molecular complexity index is 296. The SMILES string of the molecule is C=CC(=O)OCCC(=O)OC1(C)COCCS1. The van der Waals surface area contributed by atoms with Crippen molar-refractivity contribution in [3.63, 3.8) is 0 Å². The molecule has 0 aromatic heterocycles. The molecule has 1 aliphatic rings. The van der Waals surface area contributed by atoms with E-state index in [1.165, 1.54) is 0 Å². The predicted molar refractivity (Wildman–Crippen MR) is 63.5 cm³/mol. The molecular formula is C11H16O5S. The van der Waals surface area contributed by atoms with E-state index in [2.05, 4.69) is 11.3 Å². The van der Waals surface area contributed by atoms with Crippen molar-refractivity contribution in [2.45, 2.75) is 18.3 Å². The quantitative estimate of drug-likeness (QED) is 0.545. The molecule has 0 aromatic carbocycles. The summed E-state index contributed by atoms with van der Waals surface area (Å²) in [5, 5.41) is 0. The van der Waals surface area contributed by atoms with Gasteiger partial charge in [0, 0.05) is 11.8 Å². The largest absolute Gasteiger partial charge is 0.462 e. The van der Waals surface area contributed by atoms with Crippen molar-refractivity contribution < 1.29 is 23.8 Å². The number of hydrogen-bond acceptors (Lipinski definition) is 6. The summed E-state index contributed by atoms with van der Waals surface area (Å²) in [5.74, 6) is -0.142. The van der Waals surface area contributed by atoms with Crippen LogP contribution in [0, 0.1) is 0 Å². The lowest BCUT2D eigenvalue weighted by atomic mass is 10.4. The second-order valence-corrected chi connectivity index (χ2v) is 5.19. The van der Waals surface area contributed by atoms with Crippen molar-refractivity contribution in [2.75, 3.05) is 25.6 Å². The van der Waals surface area contributed by atoms with Gasteiger partial charge < -0.3 is 14.2 Å². The fourth-order valence-corrected chi connectivity index (χ4v) is 2.21. The molecule has 0 amide bonds. The maximum absolute atomic E-state index is 11.5. The molecule has 1 heterocycles. The summed E-state index contributed by atoms with van der Waals surface area (Å²) >= 11 is 1.55. The van der Waals surface area contributed by atoms with Gasteiger partial charge in [-0.3, -0.25) is 4.79 Å². The number of carbonyl (C=O) groups is 2. The lowest BCUT2D eigenvalue weighted by molar-refractivity contribution is -0.156. The Morgan fingerprint density at radius 1 is 1.59 bits per heavy atom. The molecule has 6 heteroatoms. The Kier molecular flexibility index (Phi) is 5.50. The summed E-state index contributed by atoms with van der Waals surface area (Å²) in [6.45, 7) is 6.13. The zero-order valence-electron chi connectivity index (χ0n) is 9.77. The first-order valence-electron chi connectivity index (χ1n) is 5.28. The number of rotatable bonds is 5. The van der Waals surface area contributed by atoms with Gasteiger partial charge in [-0.2, -0.15) is 0 Å². The standard InChI is InChI=1S/C11H16O5S/c1-3-9(12)15-5-4-10(13)16-11(2)8-14-6-7-17-11/h3H,1,4-8H2,2H3. The minimum Gasteiger partial charge on any atom is -0.462 e. The van der Waals surface area contributed by atoms with Crippen LogP contribution in [0.5, 0.6) is 0 Å². The average Bonchev–Trinajstić information content (AvgIpc) is 2.29. The minimum atomic E-state index is -0.627. The highest BCUT2D eigenvalue weighted by Gasteiger charge is 2.32. The third-order valence-electron chi connectivity index (χ3n) is 2.05. The lowest BCUT2D eigenvalue weighted by Gasteiger charge is -2.32. The molecule has 0 aliphatic carbocycles. The summed E-state index contributed by atoms with van der Waals surface area (Å²) in [5.41, 5.74) is 0. The van der Waals surface area contributed by atoms with Gasteiger partial charge in [-0.1, -0.05) is 6.58 Å². The Morgan fingerprint density at radius 2 is 2.35 bits per heavy atom. The number of hydrogen-bond donors (Lipinski definition) is 0. The normalized spacial score (nSPS) is 23.8. The fourth-order valence-electron chi connectivity index (χ4n) is 1.26. The highest BCUT2D eigenvalue weighted by atomic mass is 32.2. The average molecular weight is 260 g/mol. The molecule has 0 bridgehead atoms. The molecule has 0 saturated carbocycles. The van der Waals surface area contributed by atoms with Crippen LogP contribution in [0.1, 0.15) is 13.3 Å². The van der Waals surface area contributed by atoms with Gasteiger partial charge in [-0.05, 0) is 6.92 Å². The monoisotopic (exact) mass is 260 g/mol. The molecule has 1 rings (SSSR count). The van der Waals surface area contributed by atoms with E-state index >= 15 is 0 Å². The second kappa shape index (κ2) is 6.66. The van der Waals surface area contributed by atoms with E-state index in [9.17, 15) is 9.59 Å². The summed E-state index contributed by atoms with van der Waals surface area (Å²) in [4.78, 5) is 21.6. The van der Waals surface area contributed by atoms with E-state index in [-0.39, 0.29) is 13.0 Å². The van der Waals surface area contributed by atoms with E-state index in [1.54, 1.807) is 11.8 Å². The van der Waals surface area contributed by atoms with Gasteiger partial charge >= 0.3 is 11.9 Å². The molecule has 1 unspecified atom stereocenters. The smallest absolute Gasteiger partial charge is 0.330 e. The Hall–Kier alpha value is -1.01. The number of ether oxygens (including phenoxy) is 3. The lowest BCUT2D eigenvalue weighted by Crippen LogP contribution is -2.37. The first kappa shape index (κ1) is 14.1. The fraction of sp³-hybridized carbons (Fsp3) is 0.636. The molecule has 0 radical (unpaired) electrons. The Labute approximate surface area is 104 Å².